The molecule has 120 valence electrons. The smallest absolute Gasteiger partial charge is 0.236 e. The van der Waals surface area contributed by atoms with Crippen LogP contribution in [0.2, 0.25) is 10.3 Å². The fourth-order valence-electron chi connectivity index (χ4n) is 2.33. The zero-order chi connectivity index (χ0) is 16.8. The molecule has 3 aromatic rings. The number of anilines is 2. The number of aryl methyl sites for hydroxylation is 1. The Bertz CT molecular complexity index is 1020. The zero-order valence-corrected chi connectivity index (χ0v) is 14.5. The molecule has 0 bridgehead atoms. The number of nitrogens with zero attached hydrogens (tertiary/aromatic N) is 3. The fourth-order valence-corrected chi connectivity index (χ4v) is 3.42. The van der Waals surface area contributed by atoms with Crippen molar-refractivity contribution in [1.82, 2.24) is 13.9 Å². The third-order valence-electron chi connectivity index (χ3n) is 3.22. The van der Waals surface area contributed by atoms with E-state index in [1.165, 1.54) is 16.4 Å². The molecule has 0 saturated carbocycles. The van der Waals surface area contributed by atoms with Crippen LogP contribution in [0.5, 0.6) is 0 Å². The van der Waals surface area contributed by atoms with Gasteiger partial charge in [-0.3, -0.25) is 0 Å². The van der Waals surface area contributed by atoms with Gasteiger partial charge in [0.15, 0.2) is 5.82 Å². The second-order valence-corrected chi connectivity index (χ2v) is 7.69. The van der Waals surface area contributed by atoms with E-state index in [-0.39, 0.29) is 10.3 Å². The maximum absolute atomic E-state index is 12.0. The zero-order valence-electron chi connectivity index (χ0n) is 12.2. The van der Waals surface area contributed by atoms with Crippen molar-refractivity contribution in [3.63, 3.8) is 0 Å². The molecule has 0 radical (unpaired) electrons. The van der Waals surface area contributed by atoms with E-state index in [0.717, 1.165) is 17.2 Å². The Morgan fingerprint density at radius 3 is 2.70 bits per heavy atom. The Kier molecular flexibility index (Phi) is 3.95. The van der Waals surface area contributed by atoms with Gasteiger partial charge in [0.25, 0.3) is 0 Å². The second-order valence-electron chi connectivity index (χ2n) is 5.09. The molecule has 23 heavy (non-hydrogen) atoms. The van der Waals surface area contributed by atoms with Crippen LogP contribution in [0, 0.1) is 6.92 Å². The minimum Gasteiger partial charge on any atom is -0.337 e. The van der Waals surface area contributed by atoms with E-state index in [0.29, 0.717) is 17.0 Å². The Morgan fingerprint density at radius 1 is 1.26 bits per heavy atom. The number of nitrogens with one attached hydrogen (secondary N) is 1. The number of halogens is 2. The topological polar surface area (TPSA) is 76.9 Å². The average Bonchev–Trinajstić information content (AvgIpc) is 2.86. The lowest BCUT2D eigenvalue weighted by Crippen LogP contribution is -2.09. The van der Waals surface area contributed by atoms with E-state index in [9.17, 15) is 8.42 Å². The van der Waals surface area contributed by atoms with E-state index in [1.807, 2.05) is 19.1 Å². The summed E-state index contributed by atoms with van der Waals surface area (Å²) in [6.45, 7) is 1.91. The Hall–Kier alpha value is -1.83. The van der Waals surface area contributed by atoms with E-state index in [1.54, 1.807) is 6.07 Å². The van der Waals surface area contributed by atoms with E-state index < -0.39 is 10.0 Å². The lowest BCUT2D eigenvalue weighted by molar-refractivity contribution is 0.595. The van der Waals surface area contributed by atoms with Gasteiger partial charge in [0.2, 0.25) is 15.3 Å². The number of rotatable bonds is 3. The highest BCUT2D eigenvalue weighted by Crippen LogP contribution is 2.31. The van der Waals surface area contributed by atoms with Crippen LogP contribution in [0.15, 0.2) is 30.6 Å². The Morgan fingerprint density at radius 2 is 2.00 bits per heavy atom. The summed E-state index contributed by atoms with van der Waals surface area (Å²) in [5.74, 6) is 0.305. The molecule has 0 amide bonds. The molecule has 2 aromatic heterocycles. The van der Waals surface area contributed by atoms with Gasteiger partial charge < -0.3 is 5.32 Å². The SMILES string of the molecule is Cc1cc(Nc2nc(Cl)ncc2Cl)c2c(ccn2S(C)(=O)=O)c1. The third kappa shape index (κ3) is 3.12. The largest absolute Gasteiger partial charge is 0.337 e. The first-order valence-corrected chi connectivity index (χ1v) is 9.13. The Labute approximate surface area is 143 Å². The summed E-state index contributed by atoms with van der Waals surface area (Å²) >= 11 is 11.9. The van der Waals surface area contributed by atoms with Crippen LogP contribution < -0.4 is 5.32 Å². The molecule has 2 heterocycles. The monoisotopic (exact) mass is 370 g/mol. The predicted molar refractivity (Wildman–Crippen MR) is 92.3 cm³/mol. The van der Waals surface area contributed by atoms with Gasteiger partial charge in [0, 0.05) is 11.6 Å². The van der Waals surface area contributed by atoms with Crippen LogP contribution in [-0.4, -0.2) is 28.6 Å². The van der Waals surface area contributed by atoms with Crippen molar-refractivity contribution in [2.75, 3.05) is 11.6 Å². The number of fused-ring (bicyclic) bond motifs is 1. The van der Waals surface area contributed by atoms with Gasteiger partial charge in [0.05, 0.1) is 23.7 Å². The first kappa shape index (κ1) is 16.0. The Balaban J connectivity index is 2.24. The molecule has 9 heteroatoms. The molecule has 0 spiro atoms. The minimum absolute atomic E-state index is 0.0410. The number of hydrogen-bond donors (Lipinski definition) is 1. The highest BCUT2D eigenvalue weighted by Gasteiger charge is 2.15. The van der Waals surface area contributed by atoms with Crippen LogP contribution in [-0.2, 0) is 10.0 Å². The summed E-state index contributed by atoms with van der Waals surface area (Å²) in [5, 5.41) is 4.15. The molecule has 0 aliphatic rings. The highest BCUT2D eigenvalue weighted by atomic mass is 35.5. The molecular formula is C14H12Cl2N4O2S. The van der Waals surface area contributed by atoms with Gasteiger partial charge in [-0.15, -0.1) is 0 Å². The van der Waals surface area contributed by atoms with Crippen molar-refractivity contribution < 1.29 is 8.42 Å². The lowest BCUT2D eigenvalue weighted by atomic mass is 10.1. The van der Waals surface area contributed by atoms with Crippen molar-refractivity contribution in [2.45, 2.75) is 6.92 Å². The van der Waals surface area contributed by atoms with Crippen LogP contribution in [0.3, 0.4) is 0 Å². The second kappa shape index (κ2) is 5.67. The van der Waals surface area contributed by atoms with Crippen molar-refractivity contribution >= 4 is 55.6 Å². The van der Waals surface area contributed by atoms with E-state index >= 15 is 0 Å². The van der Waals surface area contributed by atoms with Gasteiger partial charge >= 0.3 is 0 Å². The van der Waals surface area contributed by atoms with Crippen LogP contribution >= 0.6 is 23.2 Å². The fraction of sp³-hybridized carbons (Fsp3) is 0.143. The van der Waals surface area contributed by atoms with Gasteiger partial charge in [0.1, 0.15) is 5.02 Å². The number of aromatic nitrogens is 3. The highest BCUT2D eigenvalue weighted by molar-refractivity contribution is 7.89. The lowest BCUT2D eigenvalue weighted by Gasteiger charge is -2.12. The summed E-state index contributed by atoms with van der Waals surface area (Å²) in [4.78, 5) is 7.82. The van der Waals surface area contributed by atoms with Crippen molar-refractivity contribution in [1.29, 1.82) is 0 Å². The van der Waals surface area contributed by atoms with Gasteiger partial charge in [-0.25, -0.2) is 17.4 Å². The first-order chi connectivity index (χ1) is 10.8. The third-order valence-corrected chi connectivity index (χ3v) is 4.70. The summed E-state index contributed by atoms with van der Waals surface area (Å²) in [6.07, 6.45) is 4.03. The van der Waals surface area contributed by atoms with Crippen molar-refractivity contribution in [3.05, 3.63) is 46.5 Å². The van der Waals surface area contributed by atoms with Crippen molar-refractivity contribution in [3.8, 4) is 0 Å². The predicted octanol–water partition coefficient (Wildman–Crippen LogP) is 3.60. The molecule has 3 rings (SSSR count). The standard InChI is InChI=1S/C14H12Cl2N4O2S/c1-8-5-9-3-4-20(23(2,21)22)12(9)11(6-8)18-13-10(15)7-17-14(16)19-13/h3-7H,1-2H3,(H,17,18,19). The maximum Gasteiger partial charge on any atom is 0.236 e. The first-order valence-electron chi connectivity index (χ1n) is 6.53. The molecule has 0 aliphatic heterocycles. The number of benzene rings is 1. The maximum atomic E-state index is 12.0. The minimum atomic E-state index is -3.45. The molecule has 1 N–H and O–H groups in total. The van der Waals surface area contributed by atoms with E-state index in [2.05, 4.69) is 15.3 Å². The molecule has 0 aliphatic carbocycles. The van der Waals surface area contributed by atoms with Crippen molar-refractivity contribution in [2.24, 2.45) is 0 Å². The average molecular weight is 371 g/mol. The summed E-state index contributed by atoms with van der Waals surface area (Å²) in [7, 11) is -3.45. The molecule has 6 nitrogen and oxygen atoms in total. The molecule has 1 aromatic carbocycles. The van der Waals surface area contributed by atoms with Gasteiger partial charge in [-0.2, -0.15) is 4.98 Å². The number of hydrogen-bond acceptors (Lipinski definition) is 5. The molecule has 0 atom stereocenters. The van der Waals surface area contributed by atoms with Crippen LogP contribution in [0.4, 0.5) is 11.5 Å². The molecular weight excluding hydrogens is 359 g/mol. The molecule has 0 saturated heterocycles. The summed E-state index contributed by atoms with van der Waals surface area (Å²) in [5.41, 5.74) is 2.04. The normalized spacial score (nSPS) is 11.8. The van der Waals surface area contributed by atoms with E-state index in [4.69, 9.17) is 23.2 Å². The van der Waals surface area contributed by atoms with Gasteiger partial charge in [-0.1, -0.05) is 11.6 Å². The molecule has 0 fully saturated rings. The summed E-state index contributed by atoms with van der Waals surface area (Å²) in [6, 6.07) is 5.45. The van der Waals surface area contributed by atoms with Crippen LogP contribution in [0.25, 0.3) is 10.9 Å². The summed E-state index contributed by atoms with van der Waals surface area (Å²) < 4.78 is 25.2. The quantitative estimate of drug-likeness (QED) is 0.712. The van der Waals surface area contributed by atoms with Gasteiger partial charge in [-0.05, 0) is 42.3 Å². The molecule has 0 unspecified atom stereocenters. The van der Waals surface area contributed by atoms with Crippen LogP contribution in [0.1, 0.15) is 5.56 Å².